The molecule has 0 aliphatic carbocycles. The summed E-state index contributed by atoms with van der Waals surface area (Å²) >= 11 is 0. The molecule has 0 fully saturated rings. The standard InChI is InChI=1S/C8H11N3O2/c1-5-2-3-7(11(12)13)8(10)6(5)4-9/h2-3H,4,9-10H2,1H3. The highest BCUT2D eigenvalue weighted by molar-refractivity contribution is 5.65. The highest BCUT2D eigenvalue weighted by atomic mass is 16.6. The van der Waals surface area contributed by atoms with Crippen LogP contribution in [0.5, 0.6) is 0 Å². The Kier molecular flexibility index (Phi) is 2.48. The first kappa shape index (κ1) is 9.47. The summed E-state index contributed by atoms with van der Waals surface area (Å²) in [4.78, 5) is 9.98. The third-order valence-corrected chi connectivity index (χ3v) is 1.97. The number of nitrogen functional groups attached to an aromatic ring is 1. The molecule has 0 atom stereocenters. The van der Waals surface area contributed by atoms with Gasteiger partial charge in [-0.15, -0.1) is 0 Å². The van der Waals surface area contributed by atoms with Gasteiger partial charge in [0.2, 0.25) is 0 Å². The lowest BCUT2D eigenvalue weighted by molar-refractivity contribution is -0.384. The van der Waals surface area contributed by atoms with Crippen molar-refractivity contribution in [2.24, 2.45) is 5.73 Å². The van der Waals surface area contributed by atoms with Gasteiger partial charge in [-0.2, -0.15) is 0 Å². The monoisotopic (exact) mass is 181 g/mol. The van der Waals surface area contributed by atoms with E-state index in [1.54, 1.807) is 6.07 Å². The Hall–Kier alpha value is -1.62. The Morgan fingerprint density at radius 1 is 1.54 bits per heavy atom. The van der Waals surface area contributed by atoms with E-state index in [1.807, 2.05) is 6.92 Å². The molecule has 4 N–H and O–H groups in total. The fraction of sp³-hybridized carbons (Fsp3) is 0.250. The minimum absolute atomic E-state index is 0.0777. The van der Waals surface area contributed by atoms with Crippen LogP contribution in [0.4, 0.5) is 11.4 Å². The Bertz CT molecular complexity index is 349. The van der Waals surface area contributed by atoms with Crippen LogP contribution in [0, 0.1) is 17.0 Å². The van der Waals surface area contributed by atoms with E-state index in [0.29, 0.717) is 5.56 Å². The van der Waals surface area contributed by atoms with E-state index in [2.05, 4.69) is 0 Å². The lowest BCUT2D eigenvalue weighted by Gasteiger charge is -2.06. The number of rotatable bonds is 2. The molecule has 1 aromatic rings. The van der Waals surface area contributed by atoms with Crippen molar-refractivity contribution in [2.75, 3.05) is 5.73 Å². The molecule has 5 nitrogen and oxygen atoms in total. The summed E-state index contributed by atoms with van der Waals surface area (Å²) in [6.45, 7) is 2.04. The van der Waals surface area contributed by atoms with Gasteiger partial charge in [-0.25, -0.2) is 0 Å². The second-order valence-corrected chi connectivity index (χ2v) is 2.76. The van der Waals surface area contributed by atoms with E-state index in [0.717, 1.165) is 5.56 Å². The van der Waals surface area contributed by atoms with Crippen molar-refractivity contribution >= 4 is 11.4 Å². The van der Waals surface area contributed by atoms with Gasteiger partial charge in [0, 0.05) is 12.6 Å². The Morgan fingerprint density at radius 2 is 2.15 bits per heavy atom. The summed E-state index contributed by atoms with van der Waals surface area (Å²) in [6, 6.07) is 3.04. The van der Waals surface area contributed by atoms with E-state index in [1.165, 1.54) is 6.07 Å². The van der Waals surface area contributed by atoms with Crippen LogP contribution in [0.25, 0.3) is 0 Å². The summed E-state index contributed by atoms with van der Waals surface area (Å²) in [5.41, 5.74) is 12.6. The number of nitro benzene ring substituents is 1. The predicted octanol–water partition coefficient (Wildman–Crippen LogP) is 0.944. The minimum Gasteiger partial charge on any atom is -0.393 e. The highest BCUT2D eigenvalue weighted by Crippen LogP contribution is 2.27. The van der Waals surface area contributed by atoms with Gasteiger partial charge in [0.05, 0.1) is 4.92 Å². The van der Waals surface area contributed by atoms with Crippen LogP contribution in [0.15, 0.2) is 12.1 Å². The fourth-order valence-corrected chi connectivity index (χ4v) is 1.19. The minimum atomic E-state index is -0.506. The molecule has 0 saturated heterocycles. The zero-order valence-corrected chi connectivity index (χ0v) is 7.28. The number of aryl methyl sites for hydroxylation is 1. The molecule has 0 bridgehead atoms. The van der Waals surface area contributed by atoms with Crippen molar-refractivity contribution in [3.63, 3.8) is 0 Å². The lowest BCUT2D eigenvalue weighted by atomic mass is 10.1. The van der Waals surface area contributed by atoms with Crippen LogP contribution < -0.4 is 11.5 Å². The molecule has 70 valence electrons. The van der Waals surface area contributed by atoms with E-state index in [-0.39, 0.29) is 17.9 Å². The summed E-state index contributed by atoms with van der Waals surface area (Å²) < 4.78 is 0. The van der Waals surface area contributed by atoms with E-state index < -0.39 is 4.92 Å². The Morgan fingerprint density at radius 3 is 2.62 bits per heavy atom. The van der Waals surface area contributed by atoms with Gasteiger partial charge in [0.1, 0.15) is 5.69 Å². The number of nitrogens with zero attached hydrogens (tertiary/aromatic N) is 1. The molecular weight excluding hydrogens is 170 g/mol. The first-order valence-corrected chi connectivity index (χ1v) is 3.80. The van der Waals surface area contributed by atoms with Gasteiger partial charge in [-0.3, -0.25) is 10.1 Å². The molecule has 0 heterocycles. The number of nitro groups is 1. The normalized spacial score (nSPS) is 10.0. The average molecular weight is 181 g/mol. The molecule has 0 aliphatic heterocycles. The van der Waals surface area contributed by atoms with Crippen molar-refractivity contribution in [3.05, 3.63) is 33.4 Å². The maximum absolute atomic E-state index is 10.5. The zero-order chi connectivity index (χ0) is 10.0. The third-order valence-electron chi connectivity index (χ3n) is 1.97. The summed E-state index contributed by atoms with van der Waals surface area (Å²) in [6.07, 6.45) is 0. The van der Waals surface area contributed by atoms with Crippen molar-refractivity contribution in [2.45, 2.75) is 13.5 Å². The summed E-state index contributed by atoms with van der Waals surface area (Å²) in [5, 5.41) is 10.5. The van der Waals surface area contributed by atoms with Crippen LogP contribution in [-0.4, -0.2) is 4.92 Å². The zero-order valence-electron chi connectivity index (χ0n) is 7.28. The van der Waals surface area contributed by atoms with Crippen LogP contribution in [0.3, 0.4) is 0 Å². The predicted molar refractivity (Wildman–Crippen MR) is 50.1 cm³/mol. The molecule has 0 unspecified atom stereocenters. The molecular formula is C8H11N3O2. The molecule has 0 spiro atoms. The van der Waals surface area contributed by atoms with Crippen LogP contribution >= 0.6 is 0 Å². The van der Waals surface area contributed by atoms with Gasteiger partial charge >= 0.3 is 0 Å². The van der Waals surface area contributed by atoms with Gasteiger partial charge in [0.25, 0.3) is 5.69 Å². The van der Waals surface area contributed by atoms with Crippen LogP contribution in [0.1, 0.15) is 11.1 Å². The first-order chi connectivity index (χ1) is 6.07. The summed E-state index contributed by atoms with van der Waals surface area (Å²) in [5.74, 6) is 0. The molecule has 5 heteroatoms. The van der Waals surface area contributed by atoms with Crippen LogP contribution in [-0.2, 0) is 6.54 Å². The maximum Gasteiger partial charge on any atom is 0.292 e. The number of hydrogen-bond donors (Lipinski definition) is 2. The van der Waals surface area contributed by atoms with E-state index >= 15 is 0 Å². The molecule has 0 amide bonds. The molecule has 0 saturated carbocycles. The van der Waals surface area contributed by atoms with Crippen molar-refractivity contribution < 1.29 is 4.92 Å². The Labute approximate surface area is 75.5 Å². The van der Waals surface area contributed by atoms with Crippen molar-refractivity contribution in [1.29, 1.82) is 0 Å². The molecule has 1 aromatic carbocycles. The van der Waals surface area contributed by atoms with E-state index in [4.69, 9.17) is 11.5 Å². The molecule has 0 radical (unpaired) electrons. The van der Waals surface area contributed by atoms with E-state index in [9.17, 15) is 10.1 Å². The number of hydrogen-bond acceptors (Lipinski definition) is 4. The largest absolute Gasteiger partial charge is 0.393 e. The lowest BCUT2D eigenvalue weighted by Crippen LogP contribution is -2.06. The number of benzene rings is 1. The molecule has 0 aliphatic rings. The summed E-state index contributed by atoms with van der Waals surface area (Å²) in [7, 11) is 0. The molecule has 1 rings (SSSR count). The molecule has 13 heavy (non-hydrogen) atoms. The maximum atomic E-state index is 10.5. The van der Waals surface area contributed by atoms with Crippen molar-refractivity contribution in [1.82, 2.24) is 0 Å². The van der Waals surface area contributed by atoms with Crippen molar-refractivity contribution in [3.8, 4) is 0 Å². The van der Waals surface area contributed by atoms with Gasteiger partial charge in [-0.05, 0) is 18.1 Å². The Balaban J connectivity index is 3.35. The SMILES string of the molecule is Cc1ccc([N+](=O)[O-])c(N)c1CN. The smallest absolute Gasteiger partial charge is 0.292 e. The van der Waals surface area contributed by atoms with Gasteiger partial charge < -0.3 is 11.5 Å². The fourth-order valence-electron chi connectivity index (χ4n) is 1.19. The molecule has 0 aromatic heterocycles. The third kappa shape index (κ3) is 1.59. The highest BCUT2D eigenvalue weighted by Gasteiger charge is 2.15. The topological polar surface area (TPSA) is 95.2 Å². The first-order valence-electron chi connectivity index (χ1n) is 3.80. The second-order valence-electron chi connectivity index (χ2n) is 2.76. The van der Waals surface area contributed by atoms with Crippen LogP contribution in [0.2, 0.25) is 0 Å². The van der Waals surface area contributed by atoms with Gasteiger partial charge in [-0.1, -0.05) is 6.07 Å². The second kappa shape index (κ2) is 3.40. The van der Waals surface area contributed by atoms with Gasteiger partial charge in [0.15, 0.2) is 0 Å². The quantitative estimate of drug-likeness (QED) is 0.403. The average Bonchev–Trinajstić information content (AvgIpc) is 2.04. The number of anilines is 1. The number of nitrogens with two attached hydrogens (primary N) is 2.